The quantitative estimate of drug-likeness (QED) is 0.404. The van der Waals surface area contributed by atoms with Crippen LogP contribution in [0.15, 0.2) is 33.6 Å². The zero-order valence-electron chi connectivity index (χ0n) is 18.7. The fourth-order valence-electron chi connectivity index (χ4n) is 4.13. The number of oxazole rings is 1. The van der Waals surface area contributed by atoms with E-state index >= 15 is 0 Å². The number of rotatable bonds is 7. The third kappa shape index (κ3) is 4.36. The molecule has 178 valence electrons. The number of carbonyl (C=O) groups excluding carboxylic acids is 1. The lowest BCUT2D eigenvalue weighted by Gasteiger charge is -2.33. The number of nitrogens with zero attached hydrogens (tertiary/aromatic N) is 6. The summed E-state index contributed by atoms with van der Waals surface area (Å²) in [5, 5.41) is 11.1. The number of aromatic nitrogens is 5. The van der Waals surface area contributed by atoms with Gasteiger partial charge in [-0.05, 0) is 19.1 Å². The molecule has 1 aliphatic rings. The predicted octanol–water partition coefficient (Wildman–Crippen LogP) is 1.46. The van der Waals surface area contributed by atoms with Crippen molar-refractivity contribution in [3.63, 3.8) is 0 Å². The number of hydrogen-bond acceptors (Lipinski definition) is 8. The number of H-pyrrole nitrogens is 1. The highest BCUT2D eigenvalue weighted by atomic mass is 19.1. The Kier molecular flexibility index (Phi) is 5.97. The van der Waals surface area contributed by atoms with Crippen LogP contribution in [0.5, 0.6) is 0 Å². The van der Waals surface area contributed by atoms with Gasteiger partial charge in [-0.15, -0.1) is 0 Å². The van der Waals surface area contributed by atoms with Crippen LogP contribution in [0.25, 0.3) is 22.0 Å². The molecule has 0 saturated carbocycles. The fraction of sp³-hybridized carbons (Fsp3) is 0.409. The normalized spacial score (nSPS) is 14.4. The maximum absolute atomic E-state index is 13.4. The Morgan fingerprint density at radius 3 is 2.88 bits per heavy atom. The van der Waals surface area contributed by atoms with Gasteiger partial charge in [-0.25, -0.2) is 9.49 Å². The first kappa shape index (κ1) is 22.0. The summed E-state index contributed by atoms with van der Waals surface area (Å²) in [4.78, 5) is 32.6. The van der Waals surface area contributed by atoms with Crippen LogP contribution in [-0.4, -0.2) is 75.2 Å². The number of anilines is 1. The highest BCUT2D eigenvalue weighted by molar-refractivity contribution is 5.79. The Morgan fingerprint density at radius 1 is 1.24 bits per heavy atom. The number of aromatic amines is 1. The first-order valence-corrected chi connectivity index (χ1v) is 11.1. The minimum absolute atomic E-state index is 0.0235. The van der Waals surface area contributed by atoms with Crippen LogP contribution in [-0.2, 0) is 16.1 Å². The molecule has 5 rings (SSSR count). The molecule has 1 N–H and O–H groups in total. The maximum Gasteiger partial charge on any atom is 0.298 e. The summed E-state index contributed by atoms with van der Waals surface area (Å²) in [5.74, 6) is -0.344. The average molecular weight is 469 g/mol. The molecule has 1 fully saturated rings. The zero-order valence-corrected chi connectivity index (χ0v) is 18.7. The van der Waals surface area contributed by atoms with Crippen molar-refractivity contribution in [2.75, 3.05) is 44.3 Å². The molecule has 1 aliphatic heterocycles. The summed E-state index contributed by atoms with van der Waals surface area (Å²) in [7, 11) is 0. The standard InChI is InChI=1S/C22H24FN7O4/c1-14-20-17(13-24-26-21(20)32)30(27-14)9-11-33-10-4-19(31)28-5-7-29(8-6-28)22-25-16-3-2-15(23)12-18(16)34-22/h2-3,12-13H,4-11H2,1H3,(H,26,32). The van der Waals surface area contributed by atoms with Gasteiger partial charge in [0.2, 0.25) is 5.91 Å². The van der Waals surface area contributed by atoms with Gasteiger partial charge < -0.3 is 19.0 Å². The van der Waals surface area contributed by atoms with Crippen molar-refractivity contribution in [2.45, 2.75) is 19.9 Å². The van der Waals surface area contributed by atoms with Gasteiger partial charge in [0.25, 0.3) is 11.6 Å². The molecule has 1 saturated heterocycles. The van der Waals surface area contributed by atoms with Crippen LogP contribution in [0, 0.1) is 12.7 Å². The van der Waals surface area contributed by atoms with Crippen molar-refractivity contribution < 1.29 is 18.3 Å². The maximum atomic E-state index is 13.4. The van der Waals surface area contributed by atoms with Crippen molar-refractivity contribution >= 4 is 33.9 Å². The molecule has 0 atom stereocenters. The van der Waals surface area contributed by atoms with Gasteiger partial charge in [-0.1, -0.05) is 0 Å². The van der Waals surface area contributed by atoms with Gasteiger partial charge in [-0.3, -0.25) is 14.3 Å². The Morgan fingerprint density at radius 2 is 2.06 bits per heavy atom. The zero-order chi connectivity index (χ0) is 23.7. The third-order valence-corrected chi connectivity index (χ3v) is 5.90. The van der Waals surface area contributed by atoms with Crippen LogP contribution in [0.3, 0.4) is 0 Å². The van der Waals surface area contributed by atoms with E-state index in [0.717, 1.165) is 0 Å². The van der Waals surface area contributed by atoms with Crippen LogP contribution >= 0.6 is 0 Å². The lowest BCUT2D eigenvalue weighted by atomic mass is 10.3. The van der Waals surface area contributed by atoms with Crippen LogP contribution < -0.4 is 10.5 Å². The summed E-state index contributed by atoms with van der Waals surface area (Å²) in [6.45, 7) is 5.16. The van der Waals surface area contributed by atoms with Gasteiger partial charge in [0.15, 0.2) is 5.58 Å². The van der Waals surface area contributed by atoms with E-state index in [1.165, 1.54) is 12.1 Å². The summed E-state index contributed by atoms with van der Waals surface area (Å²) in [6.07, 6.45) is 1.85. The number of nitrogens with one attached hydrogen (secondary N) is 1. The van der Waals surface area contributed by atoms with E-state index in [1.54, 1.807) is 28.8 Å². The molecule has 1 aromatic carbocycles. The van der Waals surface area contributed by atoms with Gasteiger partial charge in [0.1, 0.15) is 11.3 Å². The fourth-order valence-corrected chi connectivity index (χ4v) is 4.13. The van der Waals surface area contributed by atoms with Crippen molar-refractivity contribution in [2.24, 2.45) is 0 Å². The van der Waals surface area contributed by atoms with E-state index in [1.807, 2.05) is 4.90 Å². The van der Waals surface area contributed by atoms with Crippen LogP contribution in [0.1, 0.15) is 12.1 Å². The van der Waals surface area contributed by atoms with E-state index in [9.17, 15) is 14.0 Å². The van der Waals surface area contributed by atoms with Crippen molar-refractivity contribution in [1.29, 1.82) is 0 Å². The SMILES string of the molecule is Cc1nn(CCOCCC(=O)N2CCN(c3nc4ccc(F)cc4o3)CC2)c2cn[nH]c(=O)c12. The molecule has 0 unspecified atom stereocenters. The van der Waals surface area contributed by atoms with Gasteiger partial charge in [-0.2, -0.15) is 15.2 Å². The molecule has 34 heavy (non-hydrogen) atoms. The van der Waals surface area contributed by atoms with Gasteiger partial charge in [0.05, 0.1) is 49.0 Å². The summed E-state index contributed by atoms with van der Waals surface area (Å²) in [5.41, 5.74) is 2.04. The molecule has 3 aromatic heterocycles. The average Bonchev–Trinajstić information content (AvgIpc) is 3.40. The number of ether oxygens (including phenoxy) is 1. The Hall–Kier alpha value is -3.80. The predicted molar refractivity (Wildman–Crippen MR) is 121 cm³/mol. The Bertz CT molecular complexity index is 1390. The topological polar surface area (TPSA) is 122 Å². The molecule has 0 spiro atoms. The van der Waals surface area contributed by atoms with E-state index in [2.05, 4.69) is 20.3 Å². The molecule has 11 nitrogen and oxygen atoms in total. The number of halogens is 1. The molecular formula is C22H24FN7O4. The number of fused-ring (bicyclic) bond motifs is 2. The molecule has 0 aliphatic carbocycles. The third-order valence-electron chi connectivity index (χ3n) is 5.90. The molecule has 4 heterocycles. The number of benzene rings is 1. The van der Waals surface area contributed by atoms with Crippen LogP contribution in [0.4, 0.5) is 10.4 Å². The summed E-state index contributed by atoms with van der Waals surface area (Å²) >= 11 is 0. The number of amides is 1. The van der Waals surface area contributed by atoms with E-state index in [0.29, 0.717) is 79.6 Å². The molecule has 4 aromatic rings. The second-order valence-electron chi connectivity index (χ2n) is 8.11. The largest absolute Gasteiger partial charge is 0.423 e. The second kappa shape index (κ2) is 9.21. The van der Waals surface area contributed by atoms with Gasteiger partial charge >= 0.3 is 0 Å². The number of carbonyl (C=O) groups is 1. The lowest BCUT2D eigenvalue weighted by molar-refractivity contribution is -0.132. The second-order valence-corrected chi connectivity index (χ2v) is 8.11. The molecule has 12 heteroatoms. The van der Waals surface area contributed by atoms with Gasteiger partial charge in [0, 0.05) is 32.2 Å². The van der Waals surface area contributed by atoms with Crippen molar-refractivity contribution in [3.05, 3.63) is 46.3 Å². The van der Waals surface area contributed by atoms with E-state index < -0.39 is 0 Å². The first-order valence-electron chi connectivity index (χ1n) is 11.1. The monoisotopic (exact) mass is 469 g/mol. The minimum Gasteiger partial charge on any atom is -0.423 e. The first-order chi connectivity index (χ1) is 16.5. The van der Waals surface area contributed by atoms with Crippen molar-refractivity contribution in [3.8, 4) is 0 Å². The lowest BCUT2D eigenvalue weighted by Crippen LogP contribution is -2.49. The van der Waals surface area contributed by atoms with Crippen LogP contribution in [0.2, 0.25) is 0 Å². The Labute approximate surface area is 193 Å². The molecule has 1 amide bonds. The summed E-state index contributed by atoms with van der Waals surface area (Å²) < 4.78 is 26.4. The van der Waals surface area contributed by atoms with E-state index in [-0.39, 0.29) is 23.7 Å². The van der Waals surface area contributed by atoms with E-state index in [4.69, 9.17) is 9.15 Å². The molecule has 0 radical (unpaired) electrons. The summed E-state index contributed by atoms with van der Waals surface area (Å²) in [6, 6.07) is 4.70. The highest BCUT2D eigenvalue weighted by Crippen LogP contribution is 2.23. The highest BCUT2D eigenvalue weighted by Gasteiger charge is 2.24. The van der Waals surface area contributed by atoms with Crippen molar-refractivity contribution in [1.82, 2.24) is 29.9 Å². The number of piperazine rings is 1. The molecular weight excluding hydrogens is 445 g/mol. The number of hydrogen-bond donors (Lipinski definition) is 1. The Balaban J connectivity index is 1.06. The smallest absolute Gasteiger partial charge is 0.298 e. The minimum atomic E-state index is -0.367. The molecule has 0 bridgehead atoms. The number of aryl methyl sites for hydroxylation is 1.